The topological polar surface area (TPSA) is 85.7 Å². The summed E-state index contributed by atoms with van der Waals surface area (Å²) in [6, 6.07) is 14.4. The normalized spacial score (nSPS) is 19.8. The molecule has 1 aliphatic heterocycles. The standard InChI is InChI=1S/C19H21N3O3/c1-19(11-13-5-4-8-16(10-13)25-2)17(24)21-18(20)22(19)12-14-6-3-7-15(23)9-14/h3-10,23H,11-12H2,1-2H3,(H2,20,21,24). The highest BCUT2D eigenvalue weighted by Gasteiger charge is 2.47. The van der Waals surface area contributed by atoms with E-state index in [0.29, 0.717) is 13.0 Å². The van der Waals surface area contributed by atoms with E-state index in [1.165, 1.54) is 0 Å². The monoisotopic (exact) mass is 339 g/mol. The van der Waals surface area contributed by atoms with Gasteiger partial charge in [0.15, 0.2) is 5.96 Å². The van der Waals surface area contributed by atoms with E-state index in [0.717, 1.165) is 16.9 Å². The van der Waals surface area contributed by atoms with Crippen LogP contribution < -0.4 is 10.1 Å². The van der Waals surface area contributed by atoms with E-state index >= 15 is 0 Å². The Balaban J connectivity index is 1.89. The van der Waals surface area contributed by atoms with E-state index in [9.17, 15) is 9.90 Å². The lowest BCUT2D eigenvalue weighted by Crippen LogP contribution is -2.48. The number of phenols is 1. The molecule has 25 heavy (non-hydrogen) atoms. The van der Waals surface area contributed by atoms with Crippen LogP contribution in [0.4, 0.5) is 0 Å². The van der Waals surface area contributed by atoms with Crippen LogP contribution in [0.1, 0.15) is 18.1 Å². The largest absolute Gasteiger partial charge is 0.508 e. The molecule has 0 spiro atoms. The third-order valence-electron chi connectivity index (χ3n) is 4.52. The first-order chi connectivity index (χ1) is 11.9. The number of benzene rings is 2. The highest BCUT2D eigenvalue weighted by Crippen LogP contribution is 2.29. The van der Waals surface area contributed by atoms with Crippen molar-refractivity contribution in [3.8, 4) is 11.5 Å². The lowest BCUT2D eigenvalue weighted by atomic mass is 9.91. The molecule has 1 heterocycles. The number of methoxy groups -OCH3 is 1. The van der Waals surface area contributed by atoms with Gasteiger partial charge < -0.3 is 14.7 Å². The zero-order chi connectivity index (χ0) is 18.0. The van der Waals surface area contributed by atoms with Crippen LogP contribution >= 0.6 is 0 Å². The molecule has 6 nitrogen and oxygen atoms in total. The van der Waals surface area contributed by atoms with Gasteiger partial charge in [0.1, 0.15) is 17.0 Å². The molecule has 1 fully saturated rings. The van der Waals surface area contributed by atoms with Crippen LogP contribution in [-0.4, -0.2) is 34.5 Å². The van der Waals surface area contributed by atoms with Crippen LogP contribution in [0, 0.1) is 5.41 Å². The Morgan fingerprint density at radius 3 is 2.64 bits per heavy atom. The Bertz CT molecular complexity index is 821. The highest BCUT2D eigenvalue weighted by molar-refractivity contribution is 6.07. The summed E-state index contributed by atoms with van der Waals surface area (Å²) in [4.78, 5) is 14.3. The summed E-state index contributed by atoms with van der Waals surface area (Å²) < 4.78 is 5.25. The number of carbonyl (C=O) groups excluding carboxylic acids is 1. The average Bonchev–Trinajstić information content (AvgIpc) is 2.78. The molecule has 1 amide bonds. The number of rotatable bonds is 5. The fourth-order valence-corrected chi connectivity index (χ4v) is 3.13. The predicted octanol–water partition coefficient (Wildman–Crippen LogP) is 2.27. The van der Waals surface area contributed by atoms with Gasteiger partial charge in [0.2, 0.25) is 0 Å². The summed E-state index contributed by atoms with van der Waals surface area (Å²) >= 11 is 0. The average molecular weight is 339 g/mol. The molecular weight excluding hydrogens is 318 g/mol. The van der Waals surface area contributed by atoms with Gasteiger partial charge in [-0.3, -0.25) is 15.5 Å². The molecule has 0 radical (unpaired) electrons. The van der Waals surface area contributed by atoms with Crippen LogP contribution in [0.3, 0.4) is 0 Å². The third kappa shape index (κ3) is 3.28. The van der Waals surface area contributed by atoms with Gasteiger partial charge in [-0.1, -0.05) is 24.3 Å². The highest BCUT2D eigenvalue weighted by atomic mass is 16.5. The number of hydrogen-bond donors (Lipinski definition) is 3. The molecule has 1 atom stereocenters. The van der Waals surface area contributed by atoms with Crippen LogP contribution in [0.2, 0.25) is 0 Å². The number of ether oxygens (including phenoxy) is 1. The van der Waals surface area contributed by atoms with Gasteiger partial charge in [0.05, 0.1) is 7.11 Å². The number of nitrogens with zero attached hydrogens (tertiary/aromatic N) is 1. The molecule has 0 aliphatic carbocycles. The summed E-state index contributed by atoms with van der Waals surface area (Å²) in [7, 11) is 1.60. The third-order valence-corrected chi connectivity index (χ3v) is 4.52. The molecular formula is C19H21N3O3. The minimum absolute atomic E-state index is 0.0683. The zero-order valence-corrected chi connectivity index (χ0v) is 14.2. The van der Waals surface area contributed by atoms with Crippen molar-refractivity contribution in [2.75, 3.05) is 7.11 Å². The van der Waals surface area contributed by atoms with E-state index < -0.39 is 5.54 Å². The number of hydrogen-bond acceptors (Lipinski definition) is 4. The number of carbonyl (C=O) groups is 1. The lowest BCUT2D eigenvalue weighted by molar-refractivity contribution is -0.126. The van der Waals surface area contributed by atoms with Crippen molar-refractivity contribution in [2.45, 2.75) is 25.4 Å². The maximum atomic E-state index is 12.6. The molecule has 6 heteroatoms. The molecule has 130 valence electrons. The number of phenolic OH excluding ortho intramolecular Hbond substituents is 1. The van der Waals surface area contributed by atoms with Gasteiger partial charge in [0.25, 0.3) is 5.91 Å². The minimum atomic E-state index is -0.894. The Morgan fingerprint density at radius 1 is 1.20 bits per heavy atom. The summed E-state index contributed by atoms with van der Waals surface area (Å²) in [5.41, 5.74) is 0.889. The van der Waals surface area contributed by atoms with Crippen LogP contribution in [-0.2, 0) is 17.8 Å². The lowest BCUT2D eigenvalue weighted by Gasteiger charge is -2.33. The molecule has 3 N–H and O–H groups in total. The molecule has 0 saturated carbocycles. The van der Waals surface area contributed by atoms with E-state index in [4.69, 9.17) is 10.1 Å². The Morgan fingerprint density at radius 2 is 1.92 bits per heavy atom. The number of guanidine groups is 1. The van der Waals surface area contributed by atoms with Gasteiger partial charge in [-0.25, -0.2) is 0 Å². The first-order valence-electron chi connectivity index (χ1n) is 8.01. The van der Waals surface area contributed by atoms with Crippen molar-refractivity contribution >= 4 is 11.9 Å². The fourth-order valence-electron chi connectivity index (χ4n) is 3.13. The predicted molar refractivity (Wildman–Crippen MR) is 94.6 cm³/mol. The molecule has 0 aromatic heterocycles. The summed E-state index contributed by atoms with van der Waals surface area (Å²) in [6.45, 7) is 2.18. The van der Waals surface area contributed by atoms with Crippen molar-refractivity contribution in [2.24, 2.45) is 0 Å². The summed E-state index contributed by atoms with van der Waals surface area (Å²) in [5, 5.41) is 20.4. The first-order valence-corrected chi connectivity index (χ1v) is 8.01. The van der Waals surface area contributed by atoms with Gasteiger partial charge in [-0.15, -0.1) is 0 Å². The zero-order valence-electron chi connectivity index (χ0n) is 14.2. The quantitative estimate of drug-likeness (QED) is 0.780. The minimum Gasteiger partial charge on any atom is -0.508 e. The fraction of sp³-hybridized carbons (Fsp3) is 0.263. The van der Waals surface area contributed by atoms with Crippen molar-refractivity contribution in [3.63, 3.8) is 0 Å². The molecule has 1 saturated heterocycles. The second-order valence-corrected chi connectivity index (χ2v) is 6.36. The molecule has 0 bridgehead atoms. The molecule has 2 aromatic carbocycles. The van der Waals surface area contributed by atoms with Crippen molar-refractivity contribution < 1.29 is 14.6 Å². The molecule has 2 aromatic rings. The van der Waals surface area contributed by atoms with Gasteiger partial charge >= 0.3 is 0 Å². The maximum absolute atomic E-state index is 12.6. The number of amides is 1. The summed E-state index contributed by atoms with van der Waals surface area (Å²) in [5.74, 6) is 0.755. The van der Waals surface area contributed by atoms with Crippen LogP contribution in [0.5, 0.6) is 11.5 Å². The van der Waals surface area contributed by atoms with Crippen molar-refractivity contribution in [1.29, 1.82) is 5.41 Å². The first kappa shape index (κ1) is 16.8. The van der Waals surface area contributed by atoms with Crippen molar-refractivity contribution in [1.82, 2.24) is 10.2 Å². The SMILES string of the molecule is COc1cccc(CC2(C)C(=O)NC(=N)N2Cc2cccc(O)c2)c1. The van der Waals surface area contributed by atoms with Gasteiger partial charge in [0, 0.05) is 13.0 Å². The van der Waals surface area contributed by atoms with E-state index in [1.54, 1.807) is 30.2 Å². The Labute approximate surface area is 146 Å². The Kier molecular flexibility index (Phi) is 4.35. The van der Waals surface area contributed by atoms with Crippen molar-refractivity contribution in [3.05, 3.63) is 59.7 Å². The molecule has 3 rings (SSSR count). The Hall–Kier alpha value is -3.02. The second kappa shape index (κ2) is 6.47. The van der Waals surface area contributed by atoms with E-state index in [2.05, 4.69) is 5.32 Å². The van der Waals surface area contributed by atoms with E-state index in [-0.39, 0.29) is 17.6 Å². The smallest absolute Gasteiger partial charge is 0.252 e. The van der Waals surface area contributed by atoms with Crippen LogP contribution in [0.25, 0.3) is 0 Å². The number of aromatic hydroxyl groups is 1. The number of nitrogens with one attached hydrogen (secondary N) is 2. The molecule has 1 unspecified atom stereocenters. The van der Waals surface area contributed by atoms with Crippen LogP contribution in [0.15, 0.2) is 48.5 Å². The second-order valence-electron chi connectivity index (χ2n) is 6.36. The van der Waals surface area contributed by atoms with Gasteiger partial charge in [-0.05, 0) is 42.3 Å². The van der Waals surface area contributed by atoms with Gasteiger partial charge in [-0.2, -0.15) is 0 Å². The molecule has 1 aliphatic rings. The summed E-state index contributed by atoms with van der Waals surface area (Å²) in [6.07, 6.45) is 0.442. The maximum Gasteiger partial charge on any atom is 0.252 e. The van der Waals surface area contributed by atoms with E-state index in [1.807, 2.05) is 37.3 Å².